The van der Waals surface area contributed by atoms with Crippen molar-refractivity contribution in [3.05, 3.63) is 0 Å². The fraction of sp³-hybridized carbons (Fsp3) is 1.00. The van der Waals surface area contributed by atoms with Gasteiger partial charge in [-0.1, -0.05) is 0 Å². The molecule has 0 rings (SSSR count). The summed E-state index contributed by atoms with van der Waals surface area (Å²) >= 11 is 0. The summed E-state index contributed by atoms with van der Waals surface area (Å²) in [6, 6.07) is 0. The summed E-state index contributed by atoms with van der Waals surface area (Å²) in [5.41, 5.74) is 0. The molecule has 18 heavy (non-hydrogen) atoms. The van der Waals surface area contributed by atoms with Gasteiger partial charge in [0.15, 0.2) is 0 Å². The Morgan fingerprint density at radius 2 is 1.44 bits per heavy atom. The third-order valence-electron chi connectivity index (χ3n) is 2.17. The summed E-state index contributed by atoms with van der Waals surface area (Å²) < 4.78 is 22.4. The van der Waals surface area contributed by atoms with Crippen molar-refractivity contribution in [2.45, 2.75) is 13.8 Å². The van der Waals surface area contributed by atoms with E-state index in [0.717, 1.165) is 0 Å². The number of hydrogen-bond acceptors (Lipinski definition) is 6. The van der Waals surface area contributed by atoms with E-state index < -0.39 is 7.60 Å². The molecule has 0 aliphatic carbocycles. The van der Waals surface area contributed by atoms with E-state index in [4.69, 9.17) is 19.3 Å². The van der Waals surface area contributed by atoms with Crippen molar-refractivity contribution in [2.24, 2.45) is 0 Å². The van der Waals surface area contributed by atoms with Crippen LogP contribution in [0.25, 0.3) is 0 Å². The van der Waals surface area contributed by atoms with E-state index in [1.54, 1.807) is 13.8 Å². The zero-order valence-electron chi connectivity index (χ0n) is 11.0. The summed E-state index contributed by atoms with van der Waals surface area (Å²) in [4.78, 5) is 1.82. The van der Waals surface area contributed by atoms with Gasteiger partial charge in [-0.2, -0.15) is 0 Å². The maximum atomic E-state index is 12.1. The predicted octanol–water partition coefficient (Wildman–Crippen LogP) is 0.537. The van der Waals surface area contributed by atoms with Gasteiger partial charge in [0.2, 0.25) is 0 Å². The minimum absolute atomic E-state index is 0. The van der Waals surface area contributed by atoms with Crippen molar-refractivity contribution in [1.82, 2.24) is 4.90 Å². The fourth-order valence-electron chi connectivity index (χ4n) is 1.44. The van der Waals surface area contributed by atoms with Crippen LogP contribution in [-0.4, -0.2) is 67.3 Å². The molecule has 0 aromatic carbocycles. The number of nitrogens with zero attached hydrogens (tertiary/aromatic N) is 1. The first-order chi connectivity index (χ1) is 8.11. The Labute approximate surface area is 123 Å². The molecule has 0 saturated heterocycles. The van der Waals surface area contributed by atoms with Gasteiger partial charge in [0.25, 0.3) is 0 Å². The first-order valence-corrected chi connectivity index (χ1v) is 7.66. The molecule has 0 aliphatic heterocycles. The number of hydrogen-bond donors (Lipinski definition) is 2. The molecule has 0 saturated carbocycles. The summed E-state index contributed by atoms with van der Waals surface area (Å²) in [7, 11) is -3.03. The Bertz CT molecular complexity index is 216. The van der Waals surface area contributed by atoms with E-state index in [-0.39, 0.29) is 39.5 Å². The van der Waals surface area contributed by atoms with E-state index in [9.17, 15) is 4.57 Å². The molecule has 0 unspecified atom stereocenters. The molecule has 1 radical (unpaired) electrons. The molecule has 0 fully saturated rings. The molecule has 0 heterocycles. The van der Waals surface area contributed by atoms with Crippen LogP contribution in [0.5, 0.6) is 0 Å². The van der Waals surface area contributed by atoms with Crippen LogP contribution in [0.1, 0.15) is 13.8 Å². The minimum atomic E-state index is -3.03. The molecular formula is C10H24IrNO5P. The molecule has 0 aromatic rings. The summed E-state index contributed by atoms with van der Waals surface area (Å²) in [6.07, 6.45) is 0.272. The zero-order chi connectivity index (χ0) is 13.1. The summed E-state index contributed by atoms with van der Waals surface area (Å²) in [5, 5.41) is 17.7. The largest absolute Gasteiger partial charge is 0.395 e. The standard InChI is InChI=1S/C10H24NO5P.Ir/c1-3-15-17(14,16-4-2)10-7-11(5-8-12)6-9-13;/h12-13H,3-10H2,1-2H3;. The van der Waals surface area contributed by atoms with Crippen LogP contribution in [0.4, 0.5) is 0 Å². The van der Waals surface area contributed by atoms with Gasteiger partial charge in [-0.15, -0.1) is 0 Å². The first-order valence-electron chi connectivity index (χ1n) is 5.94. The van der Waals surface area contributed by atoms with Gasteiger partial charge in [0.05, 0.1) is 32.6 Å². The van der Waals surface area contributed by atoms with Crippen LogP contribution in [0.15, 0.2) is 0 Å². The van der Waals surface area contributed by atoms with Crippen molar-refractivity contribution in [3.8, 4) is 0 Å². The molecule has 0 amide bonds. The number of aliphatic hydroxyl groups is 2. The second kappa shape index (κ2) is 12.7. The van der Waals surface area contributed by atoms with Gasteiger partial charge in [-0.05, 0) is 13.8 Å². The van der Waals surface area contributed by atoms with Gasteiger partial charge in [0.1, 0.15) is 0 Å². The van der Waals surface area contributed by atoms with E-state index in [0.29, 0.717) is 32.8 Å². The first kappa shape index (κ1) is 21.0. The van der Waals surface area contributed by atoms with Gasteiger partial charge >= 0.3 is 7.60 Å². The van der Waals surface area contributed by atoms with Crippen LogP contribution in [0.3, 0.4) is 0 Å². The maximum Gasteiger partial charge on any atom is 0.331 e. The average Bonchev–Trinajstić information content (AvgIpc) is 2.27. The second-order valence-electron chi connectivity index (χ2n) is 3.46. The van der Waals surface area contributed by atoms with E-state index in [1.807, 2.05) is 4.90 Å². The quantitative estimate of drug-likeness (QED) is 0.438. The molecular weight excluding hydrogens is 437 g/mol. The van der Waals surface area contributed by atoms with Crippen molar-refractivity contribution in [1.29, 1.82) is 0 Å². The van der Waals surface area contributed by atoms with Gasteiger partial charge in [-0.25, -0.2) is 0 Å². The molecule has 8 heteroatoms. The monoisotopic (exact) mass is 462 g/mol. The third kappa shape index (κ3) is 9.59. The Morgan fingerprint density at radius 1 is 1.00 bits per heavy atom. The van der Waals surface area contributed by atoms with Crippen LogP contribution >= 0.6 is 7.60 Å². The Kier molecular flexibility index (Phi) is 14.8. The molecule has 0 atom stereocenters. The van der Waals surface area contributed by atoms with Crippen molar-refractivity contribution < 1.29 is 43.9 Å². The van der Waals surface area contributed by atoms with Crippen LogP contribution in [0.2, 0.25) is 0 Å². The van der Waals surface area contributed by atoms with Crippen LogP contribution < -0.4 is 0 Å². The molecule has 0 bridgehead atoms. The smallest absolute Gasteiger partial charge is 0.331 e. The fourth-order valence-corrected chi connectivity index (χ4v) is 3.09. The van der Waals surface area contributed by atoms with E-state index in [1.165, 1.54) is 0 Å². The van der Waals surface area contributed by atoms with Crippen LogP contribution in [-0.2, 0) is 33.7 Å². The molecule has 2 N–H and O–H groups in total. The van der Waals surface area contributed by atoms with E-state index >= 15 is 0 Å². The van der Waals surface area contributed by atoms with Gasteiger partial charge < -0.3 is 19.3 Å². The van der Waals surface area contributed by atoms with Crippen LogP contribution in [0, 0.1) is 0 Å². The molecule has 0 spiro atoms. The average molecular weight is 461 g/mol. The zero-order valence-corrected chi connectivity index (χ0v) is 14.3. The normalized spacial score (nSPS) is 11.6. The number of aliphatic hydroxyl groups excluding tert-OH is 2. The number of rotatable bonds is 11. The maximum absolute atomic E-state index is 12.1. The molecule has 6 nitrogen and oxygen atoms in total. The topological polar surface area (TPSA) is 79.2 Å². The second-order valence-corrected chi connectivity index (χ2v) is 5.64. The van der Waals surface area contributed by atoms with Crippen molar-refractivity contribution in [2.75, 3.05) is 52.2 Å². The Morgan fingerprint density at radius 3 is 1.78 bits per heavy atom. The SMILES string of the molecule is CCOP(=O)(CCN(CCO)CCO)OCC.[Ir]. The van der Waals surface area contributed by atoms with Gasteiger partial charge in [0, 0.05) is 39.7 Å². The third-order valence-corrected chi connectivity index (χ3v) is 4.23. The van der Waals surface area contributed by atoms with E-state index in [2.05, 4.69) is 0 Å². The summed E-state index contributed by atoms with van der Waals surface area (Å²) in [5.74, 6) is 0. The molecule has 0 aliphatic rings. The van der Waals surface area contributed by atoms with Crippen molar-refractivity contribution in [3.63, 3.8) is 0 Å². The van der Waals surface area contributed by atoms with Crippen molar-refractivity contribution >= 4 is 7.60 Å². The Balaban J connectivity index is 0. The molecule has 0 aromatic heterocycles. The predicted molar refractivity (Wildman–Crippen MR) is 66.3 cm³/mol. The minimum Gasteiger partial charge on any atom is -0.395 e. The van der Waals surface area contributed by atoms with Gasteiger partial charge in [-0.3, -0.25) is 9.46 Å². The summed E-state index contributed by atoms with van der Waals surface area (Å²) in [6.45, 7) is 5.60. The Hall–Kier alpha value is 0.679. The molecule has 113 valence electrons.